The average Bonchev–Trinajstić information content (AvgIpc) is 2.49. The Hall–Kier alpha value is -2.59. The second kappa shape index (κ2) is 9.34. The minimum Gasteiger partial charge on any atom is -0.504 e. The fraction of sp³-hybridized carbons (Fsp3) is 0.353. The molecule has 0 aliphatic heterocycles. The van der Waals surface area contributed by atoms with E-state index in [1.165, 1.54) is 7.11 Å². The molecule has 21 heavy (non-hydrogen) atoms. The number of nitrogens with one attached hydrogen (secondary N) is 1. The summed E-state index contributed by atoms with van der Waals surface area (Å²) in [5.41, 5.74) is 0.821. The zero-order valence-corrected chi connectivity index (χ0v) is 12.1. The third kappa shape index (κ3) is 6.40. The lowest BCUT2D eigenvalue weighted by atomic mass is 10.1. The van der Waals surface area contributed by atoms with Gasteiger partial charge in [0.1, 0.15) is 0 Å². The van der Waals surface area contributed by atoms with Crippen LogP contribution in [0.2, 0.25) is 0 Å². The van der Waals surface area contributed by atoms with Crippen LogP contribution in [0.25, 0.3) is 0 Å². The van der Waals surface area contributed by atoms with Crippen LogP contribution in [0.5, 0.6) is 11.5 Å². The predicted octanol–water partition coefficient (Wildman–Crippen LogP) is 2.21. The fourth-order valence-electron chi connectivity index (χ4n) is 1.75. The van der Waals surface area contributed by atoms with E-state index in [9.17, 15) is 9.90 Å². The number of terminal acetylenes is 1. The van der Waals surface area contributed by atoms with E-state index in [1.54, 1.807) is 18.2 Å². The van der Waals surface area contributed by atoms with Crippen LogP contribution in [-0.2, 0) is 11.3 Å². The van der Waals surface area contributed by atoms with Crippen LogP contribution >= 0.6 is 0 Å². The van der Waals surface area contributed by atoms with Crippen LogP contribution < -0.4 is 10.1 Å². The first-order valence-electron chi connectivity index (χ1n) is 6.73. The molecule has 4 nitrogen and oxygen atoms in total. The molecule has 0 heterocycles. The van der Waals surface area contributed by atoms with Gasteiger partial charge in [0, 0.05) is 19.4 Å². The lowest BCUT2D eigenvalue weighted by Gasteiger charge is -2.07. The van der Waals surface area contributed by atoms with E-state index in [1.807, 2.05) is 0 Å². The van der Waals surface area contributed by atoms with Gasteiger partial charge in [-0.25, -0.2) is 0 Å². The van der Waals surface area contributed by atoms with Crippen molar-refractivity contribution in [2.45, 2.75) is 32.2 Å². The van der Waals surface area contributed by atoms with Gasteiger partial charge in [0.05, 0.1) is 7.11 Å². The number of carbonyl (C=O) groups excluding carboxylic acids is 1. The summed E-state index contributed by atoms with van der Waals surface area (Å²) >= 11 is 0. The number of unbranched alkanes of at least 4 members (excludes halogenated alkanes) is 2. The minimum absolute atomic E-state index is 0.0183. The van der Waals surface area contributed by atoms with Crippen molar-refractivity contribution in [3.8, 4) is 35.7 Å². The molecule has 4 heteroatoms. The van der Waals surface area contributed by atoms with Crippen LogP contribution in [0.3, 0.4) is 0 Å². The summed E-state index contributed by atoms with van der Waals surface area (Å²) in [5, 5.41) is 12.4. The second-order valence-electron chi connectivity index (χ2n) is 4.44. The molecule has 1 amide bonds. The summed E-state index contributed by atoms with van der Waals surface area (Å²) in [5.74, 6) is 8.08. The standard InChI is InChI=1S/C17H19NO3/c1-3-4-5-6-7-8-9-17(20)18-13-14-10-11-16(21-2)15(19)12-14/h1,10-12,19H,6-9,13H2,2H3,(H,18,20). The molecule has 0 aliphatic rings. The zero-order chi connectivity index (χ0) is 15.5. The van der Waals surface area contributed by atoms with Crippen molar-refractivity contribution in [3.05, 3.63) is 23.8 Å². The van der Waals surface area contributed by atoms with E-state index in [0.717, 1.165) is 18.4 Å². The number of phenolic OH excluding ortho intramolecular Hbond substituents is 1. The normalized spacial score (nSPS) is 9.14. The maximum Gasteiger partial charge on any atom is 0.220 e. The molecule has 1 aromatic rings. The highest BCUT2D eigenvalue weighted by Gasteiger charge is 2.04. The number of carbonyl (C=O) groups is 1. The van der Waals surface area contributed by atoms with Gasteiger partial charge in [0.2, 0.25) is 5.91 Å². The fourth-order valence-corrected chi connectivity index (χ4v) is 1.75. The SMILES string of the molecule is C#CC#CCCCCC(=O)NCc1ccc(OC)c(O)c1. The third-order valence-electron chi connectivity index (χ3n) is 2.85. The van der Waals surface area contributed by atoms with Crippen LogP contribution in [0.1, 0.15) is 31.2 Å². The van der Waals surface area contributed by atoms with Crippen molar-refractivity contribution in [2.75, 3.05) is 7.11 Å². The van der Waals surface area contributed by atoms with Gasteiger partial charge in [0.15, 0.2) is 11.5 Å². The second-order valence-corrected chi connectivity index (χ2v) is 4.44. The molecule has 110 valence electrons. The summed E-state index contributed by atoms with van der Waals surface area (Å²) in [6.07, 6.45) is 7.80. The van der Waals surface area contributed by atoms with Crippen LogP contribution in [0, 0.1) is 24.2 Å². The number of hydrogen-bond acceptors (Lipinski definition) is 3. The highest BCUT2D eigenvalue weighted by Crippen LogP contribution is 2.25. The molecule has 0 fully saturated rings. The van der Waals surface area contributed by atoms with Gasteiger partial charge in [-0.15, -0.1) is 6.42 Å². The number of hydrogen-bond donors (Lipinski definition) is 2. The Morgan fingerprint density at radius 1 is 1.43 bits per heavy atom. The number of methoxy groups -OCH3 is 1. The highest BCUT2D eigenvalue weighted by molar-refractivity contribution is 5.75. The minimum atomic E-state index is -0.0183. The van der Waals surface area contributed by atoms with Gasteiger partial charge in [-0.1, -0.05) is 12.0 Å². The van der Waals surface area contributed by atoms with Crippen molar-refractivity contribution in [3.63, 3.8) is 0 Å². The van der Waals surface area contributed by atoms with Gasteiger partial charge in [-0.05, 0) is 42.4 Å². The number of ether oxygens (including phenoxy) is 1. The monoisotopic (exact) mass is 285 g/mol. The zero-order valence-electron chi connectivity index (χ0n) is 12.1. The molecule has 0 aliphatic carbocycles. The Morgan fingerprint density at radius 3 is 2.90 bits per heavy atom. The van der Waals surface area contributed by atoms with Gasteiger partial charge in [0.25, 0.3) is 0 Å². The molecule has 0 bridgehead atoms. The first-order valence-corrected chi connectivity index (χ1v) is 6.73. The van der Waals surface area contributed by atoms with Gasteiger partial charge in [-0.3, -0.25) is 4.79 Å². The van der Waals surface area contributed by atoms with Gasteiger partial charge < -0.3 is 15.2 Å². The maximum atomic E-state index is 11.6. The smallest absolute Gasteiger partial charge is 0.220 e. The first-order chi connectivity index (χ1) is 10.2. The largest absolute Gasteiger partial charge is 0.504 e. The molecule has 0 saturated heterocycles. The lowest BCUT2D eigenvalue weighted by molar-refractivity contribution is -0.121. The first kappa shape index (κ1) is 16.5. The quantitative estimate of drug-likeness (QED) is 0.596. The molecule has 0 atom stereocenters. The van der Waals surface area contributed by atoms with E-state index in [0.29, 0.717) is 25.1 Å². The summed E-state index contributed by atoms with van der Waals surface area (Å²) in [6, 6.07) is 5.05. The molecule has 0 spiro atoms. The number of phenols is 1. The molecule has 0 aromatic heterocycles. The molecule has 0 saturated carbocycles. The van der Waals surface area contributed by atoms with Crippen LogP contribution in [0.4, 0.5) is 0 Å². The molecule has 0 unspecified atom stereocenters. The Morgan fingerprint density at radius 2 is 2.24 bits per heavy atom. The number of aromatic hydroxyl groups is 1. The number of rotatable bonds is 7. The number of amides is 1. The topological polar surface area (TPSA) is 58.6 Å². The van der Waals surface area contributed by atoms with E-state index >= 15 is 0 Å². The Labute approximate surface area is 125 Å². The lowest BCUT2D eigenvalue weighted by Crippen LogP contribution is -2.22. The molecule has 0 radical (unpaired) electrons. The van der Waals surface area contributed by atoms with E-state index < -0.39 is 0 Å². The summed E-state index contributed by atoms with van der Waals surface area (Å²) in [6.45, 7) is 0.382. The summed E-state index contributed by atoms with van der Waals surface area (Å²) < 4.78 is 4.96. The van der Waals surface area contributed by atoms with E-state index in [4.69, 9.17) is 11.2 Å². The van der Waals surface area contributed by atoms with Crippen molar-refractivity contribution < 1.29 is 14.6 Å². The van der Waals surface area contributed by atoms with Crippen LogP contribution in [0.15, 0.2) is 18.2 Å². The number of benzene rings is 1. The van der Waals surface area contributed by atoms with Gasteiger partial charge >= 0.3 is 0 Å². The average molecular weight is 285 g/mol. The Bertz CT molecular complexity index is 576. The molecular formula is C17H19NO3. The Balaban J connectivity index is 2.27. The maximum absolute atomic E-state index is 11.6. The molecule has 1 aromatic carbocycles. The molecule has 1 rings (SSSR count). The van der Waals surface area contributed by atoms with Gasteiger partial charge in [-0.2, -0.15) is 0 Å². The Kier molecular flexibility index (Phi) is 7.32. The summed E-state index contributed by atoms with van der Waals surface area (Å²) in [7, 11) is 1.49. The predicted molar refractivity (Wildman–Crippen MR) is 81.6 cm³/mol. The van der Waals surface area contributed by atoms with Crippen LogP contribution in [-0.4, -0.2) is 18.1 Å². The van der Waals surface area contributed by atoms with Crippen molar-refractivity contribution in [2.24, 2.45) is 0 Å². The molecule has 2 N–H and O–H groups in total. The van der Waals surface area contributed by atoms with E-state index in [-0.39, 0.29) is 11.7 Å². The van der Waals surface area contributed by atoms with Crippen molar-refractivity contribution in [1.29, 1.82) is 0 Å². The third-order valence-corrected chi connectivity index (χ3v) is 2.85. The van der Waals surface area contributed by atoms with E-state index in [2.05, 4.69) is 23.1 Å². The van der Waals surface area contributed by atoms with Crippen molar-refractivity contribution >= 4 is 5.91 Å². The van der Waals surface area contributed by atoms with Crippen molar-refractivity contribution in [1.82, 2.24) is 5.32 Å². The summed E-state index contributed by atoms with van der Waals surface area (Å²) in [4.78, 5) is 11.6. The molecular weight excluding hydrogens is 266 g/mol. The highest BCUT2D eigenvalue weighted by atomic mass is 16.5.